The molecule has 154 valence electrons. The summed E-state index contributed by atoms with van der Waals surface area (Å²) >= 11 is 0. The molecule has 0 aromatic heterocycles. The maximum Gasteiger partial charge on any atom is 0.573 e. The summed E-state index contributed by atoms with van der Waals surface area (Å²) in [6.07, 6.45) is -4.84. The molecule has 30 heavy (non-hydrogen) atoms. The molecule has 1 aliphatic rings. The van der Waals surface area contributed by atoms with Crippen molar-refractivity contribution in [2.45, 2.75) is 18.7 Å². The van der Waals surface area contributed by atoms with Gasteiger partial charge in [0.2, 0.25) is 5.91 Å². The Bertz CT molecular complexity index is 1140. The largest absolute Gasteiger partial charge is 0.573 e. The number of carbonyl (C=O) groups is 1. The third-order valence-corrected chi connectivity index (χ3v) is 5.19. The first-order chi connectivity index (χ1) is 14.1. The van der Waals surface area contributed by atoms with Crippen LogP contribution in [0.15, 0.2) is 60.7 Å². The van der Waals surface area contributed by atoms with Gasteiger partial charge in [-0.1, -0.05) is 36.4 Å². The molecule has 1 unspecified atom stereocenters. The molecule has 3 aromatic rings. The van der Waals surface area contributed by atoms with Gasteiger partial charge in [-0.3, -0.25) is 4.79 Å². The third-order valence-electron chi connectivity index (χ3n) is 5.19. The number of aromatic hydroxyl groups is 2. The number of nitrogens with one attached hydrogen (secondary N) is 1. The van der Waals surface area contributed by atoms with Crippen LogP contribution in [-0.4, -0.2) is 22.5 Å². The van der Waals surface area contributed by atoms with Crippen molar-refractivity contribution in [3.05, 3.63) is 82.9 Å². The maximum absolute atomic E-state index is 13.3. The van der Waals surface area contributed by atoms with Gasteiger partial charge in [0.05, 0.1) is 0 Å². The zero-order valence-electron chi connectivity index (χ0n) is 15.6. The average molecular weight is 415 g/mol. The minimum atomic E-state index is -4.84. The van der Waals surface area contributed by atoms with Crippen molar-refractivity contribution < 1.29 is 32.9 Å². The Labute approximate surface area is 169 Å². The molecule has 0 aliphatic carbocycles. The summed E-state index contributed by atoms with van der Waals surface area (Å²) in [5.74, 6) is -1.62. The highest BCUT2D eigenvalue weighted by Crippen LogP contribution is 2.50. The highest BCUT2D eigenvalue weighted by molar-refractivity contribution is 6.12. The van der Waals surface area contributed by atoms with Gasteiger partial charge in [0, 0.05) is 11.3 Å². The minimum absolute atomic E-state index is 0.351. The number of phenolic OH excluding ortho intramolecular Hbond substituents is 2. The number of aryl methyl sites for hydroxylation is 1. The van der Waals surface area contributed by atoms with Gasteiger partial charge in [0.25, 0.3) is 0 Å². The van der Waals surface area contributed by atoms with Crippen molar-refractivity contribution in [2.75, 3.05) is 5.32 Å². The number of amides is 1. The summed E-state index contributed by atoms with van der Waals surface area (Å²) in [7, 11) is 0. The number of para-hydroxylation sites is 1. The van der Waals surface area contributed by atoms with Gasteiger partial charge >= 0.3 is 6.36 Å². The molecule has 1 atom stereocenters. The predicted molar refractivity (Wildman–Crippen MR) is 103 cm³/mol. The van der Waals surface area contributed by atoms with E-state index in [0.717, 1.165) is 17.7 Å². The zero-order valence-corrected chi connectivity index (χ0v) is 15.6. The molecule has 3 N–H and O–H groups in total. The van der Waals surface area contributed by atoms with E-state index in [-0.39, 0.29) is 5.75 Å². The van der Waals surface area contributed by atoms with E-state index < -0.39 is 29.2 Å². The van der Waals surface area contributed by atoms with Crippen LogP contribution in [0.2, 0.25) is 0 Å². The Morgan fingerprint density at radius 1 is 0.933 bits per heavy atom. The van der Waals surface area contributed by atoms with Crippen molar-refractivity contribution in [1.82, 2.24) is 0 Å². The molecule has 0 radical (unpaired) electrons. The molecule has 3 aromatic carbocycles. The Morgan fingerprint density at radius 3 is 2.23 bits per heavy atom. The number of phenols is 2. The highest BCUT2D eigenvalue weighted by atomic mass is 19.4. The molecule has 4 rings (SSSR count). The van der Waals surface area contributed by atoms with Crippen molar-refractivity contribution in [2.24, 2.45) is 0 Å². The van der Waals surface area contributed by atoms with Crippen LogP contribution in [0.3, 0.4) is 0 Å². The van der Waals surface area contributed by atoms with Crippen LogP contribution < -0.4 is 10.1 Å². The van der Waals surface area contributed by atoms with Gasteiger partial charge in [-0.25, -0.2) is 0 Å². The van der Waals surface area contributed by atoms with Crippen molar-refractivity contribution in [3.63, 3.8) is 0 Å². The van der Waals surface area contributed by atoms with E-state index in [1.165, 1.54) is 30.3 Å². The lowest BCUT2D eigenvalue weighted by molar-refractivity contribution is -0.274. The molecule has 0 fully saturated rings. The van der Waals surface area contributed by atoms with Crippen molar-refractivity contribution >= 4 is 11.6 Å². The van der Waals surface area contributed by atoms with Crippen LogP contribution >= 0.6 is 0 Å². The average Bonchev–Trinajstić information content (AvgIpc) is 2.98. The van der Waals surface area contributed by atoms with Crippen LogP contribution in [0.4, 0.5) is 18.9 Å². The van der Waals surface area contributed by atoms with Gasteiger partial charge in [-0.15, -0.1) is 13.2 Å². The van der Waals surface area contributed by atoms with Gasteiger partial charge < -0.3 is 20.3 Å². The number of hydrogen-bond donors (Lipinski definition) is 3. The summed E-state index contributed by atoms with van der Waals surface area (Å²) in [5, 5.41) is 22.6. The lowest BCUT2D eigenvalue weighted by Gasteiger charge is -2.29. The molecular weight excluding hydrogens is 399 g/mol. The maximum atomic E-state index is 13.3. The standard InChI is InChI=1S/C22H16F3NO4/c1-12-3-2-4-16-19(12)26-20(29)21(16,14-7-10-17(27)18(28)11-14)13-5-8-15(9-6-13)30-22(23,24)25/h2-11,27-28H,1H3,(H,26,29). The van der Waals surface area contributed by atoms with Crippen LogP contribution in [0, 0.1) is 6.92 Å². The minimum Gasteiger partial charge on any atom is -0.504 e. The fourth-order valence-corrected chi connectivity index (χ4v) is 3.88. The van der Waals surface area contributed by atoms with Gasteiger partial charge in [0.1, 0.15) is 11.2 Å². The lowest BCUT2D eigenvalue weighted by atomic mass is 9.70. The second-order valence-corrected chi connectivity index (χ2v) is 6.98. The van der Waals surface area contributed by atoms with Crippen LogP contribution in [0.5, 0.6) is 17.2 Å². The number of alkyl halides is 3. The second kappa shape index (κ2) is 6.69. The molecule has 1 aliphatic heterocycles. The topological polar surface area (TPSA) is 78.8 Å². The van der Waals surface area contributed by atoms with Crippen molar-refractivity contribution in [3.8, 4) is 17.2 Å². The monoisotopic (exact) mass is 415 g/mol. The van der Waals surface area contributed by atoms with Gasteiger partial charge in [-0.2, -0.15) is 0 Å². The fraction of sp³-hybridized carbons (Fsp3) is 0.136. The number of benzene rings is 3. The Morgan fingerprint density at radius 2 is 1.60 bits per heavy atom. The number of anilines is 1. The number of rotatable bonds is 3. The number of carbonyl (C=O) groups excluding carboxylic acids is 1. The predicted octanol–water partition coefficient (Wildman–Crippen LogP) is 4.59. The third kappa shape index (κ3) is 3.01. The summed E-state index contributed by atoms with van der Waals surface area (Å²) < 4.78 is 41.5. The normalized spacial score (nSPS) is 18.1. The second-order valence-electron chi connectivity index (χ2n) is 6.98. The quantitative estimate of drug-likeness (QED) is 0.547. The SMILES string of the molecule is Cc1cccc2c1NC(=O)C2(c1ccc(OC(F)(F)F)cc1)c1ccc(O)c(O)c1. The van der Waals surface area contributed by atoms with Crippen LogP contribution in [0.25, 0.3) is 0 Å². The van der Waals surface area contributed by atoms with E-state index in [9.17, 15) is 28.2 Å². The van der Waals surface area contributed by atoms with Gasteiger partial charge in [-0.05, 0) is 47.9 Å². The summed E-state index contributed by atoms with van der Waals surface area (Å²) in [5.41, 5.74) is 1.27. The van der Waals surface area contributed by atoms with Crippen LogP contribution in [-0.2, 0) is 10.2 Å². The molecule has 0 spiro atoms. The molecule has 8 heteroatoms. The van der Waals surface area contributed by atoms with E-state index in [4.69, 9.17) is 0 Å². The molecule has 1 amide bonds. The van der Waals surface area contributed by atoms with E-state index in [0.29, 0.717) is 22.4 Å². The van der Waals surface area contributed by atoms with E-state index in [1.54, 1.807) is 12.1 Å². The first-order valence-electron chi connectivity index (χ1n) is 8.93. The Kier molecular flexibility index (Phi) is 4.38. The number of hydrogen-bond acceptors (Lipinski definition) is 4. The summed E-state index contributed by atoms with van der Waals surface area (Å²) in [6.45, 7) is 1.82. The Balaban J connectivity index is 1.96. The molecular formula is C22H16F3NO4. The van der Waals surface area contributed by atoms with E-state index in [1.807, 2.05) is 13.0 Å². The molecule has 0 saturated carbocycles. The first kappa shape index (κ1) is 19.6. The summed E-state index contributed by atoms with van der Waals surface area (Å²) in [4.78, 5) is 13.3. The number of ether oxygens (including phenoxy) is 1. The zero-order chi connectivity index (χ0) is 21.7. The number of fused-ring (bicyclic) bond motifs is 1. The van der Waals surface area contributed by atoms with Gasteiger partial charge in [0.15, 0.2) is 11.5 Å². The van der Waals surface area contributed by atoms with Crippen LogP contribution in [0.1, 0.15) is 22.3 Å². The van der Waals surface area contributed by atoms with Crippen molar-refractivity contribution in [1.29, 1.82) is 0 Å². The first-order valence-corrected chi connectivity index (χ1v) is 8.93. The smallest absolute Gasteiger partial charge is 0.504 e. The molecule has 1 heterocycles. The fourth-order valence-electron chi connectivity index (χ4n) is 3.88. The lowest BCUT2D eigenvalue weighted by Crippen LogP contribution is -2.37. The van der Waals surface area contributed by atoms with E-state index >= 15 is 0 Å². The summed E-state index contributed by atoms with van der Waals surface area (Å²) in [6, 6.07) is 14.4. The highest BCUT2D eigenvalue weighted by Gasteiger charge is 2.50. The Hall–Kier alpha value is -3.68. The number of halogens is 3. The molecule has 5 nitrogen and oxygen atoms in total. The molecule has 0 saturated heterocycles. The molecule has 0 bridgehead atoms. The van der Waals surface area contributed by atoms with E-state index in [2.05, 4.69) is 10.1 Å².